The Bertz CT molecular complexity index is 1060. The summed E-state index contributed by atoms with van der Waals surface area (Å²) in [6.07, 6.45) is 7.22. The number of hydrogen-bond acceptors (Lipinski definition) is 4. The van der Waals surface area contributed by atoms with Crippen LogP contribution in [0.3, 0.4) is 0 Å². The van der Waals surface area contributed by atoms with Crippen molar-refractivity contribution in [2.75, 3.05) is 13.1 Å². The SMILES string of the molecule is CC[C@H](C)C(=O)N1CC[C@@H](Oc2ccc(C(=O)NCc3ccn4ccnc4c3)cc2)C1. The molecule has 1 N–H and O–H groups in total. The predicted molar refractivity (Wildman–Crippen MR) is 118 cm³/mol. The first-order valence-corrected chi connectivity index (χ1v) is 10.8. The Morgan fingerprint density at radius 2 is 2.03 bits per heavy atom. The van der Waals surface area contributed by atoms with Crippen molar-refractivity contribution in [2.24, 2.45) is 5.92 Å². The molecule has 3 aromatic rings. The van der Waals surface area contributed by atoms with E-state index in [0.717, 1.165) is 30.6 Å². The standard InChI is InChI=1S/C24H28N4O3/c1-3-17(2)24(30)28-12-9-21(16-28)31-20-6-4-19(5-7-20)23(29)26-15-18-8-11-27-13-10-25-22(27)14-18/h4-8,10-11,13-14,17,21H,3,9,12,15-16H2,1-2H3,(H,26,29)/t17-,21+/m0/s1. The summed E-state index contributed by atoms with van der Waals surface area (Å²) in [6.45, 7) is 5.78. The first-order valence-electron chi connectivity index (χ1n) is 10.8. The summed E-state index contributed by atoms with van der Waals surface area (Å²) in [5.74, 6) is 0.829. The highest BCUT2D eigenvalue weighted by atomic mass is 16.5. The van der Waals surface area contributed by atoms with Gasteiger partial charge in [-0.2, -0.15) is 0 Å². The molecule has 0 unspecified atom stereocenters. The summed E-state index contributed by atoms with van der Waals surface area (Å²) in [5, 5.41) is 2.94. The molecule has 7 nitrogen and oxygen atoms in total. The van der Waals surface area contributed by atoms with E-state index in [-0.39, 0.29) is 23.8 Å². The van der Waals surface area contributed by atoms with Gasteiger partial charge in [-0.05, 0) is 48.4 Å². The van der Waals surface area contributed by atoms with E-state index in [9.17, 15) is 9.59 Å². The minimum absolute atomic E-state index is 0.00901. The quantitative estimate of drug-likeness (QED) is 0.636. The van der Waals surface area contributed by atoms with Crippen LogP contribution in [-0.4, -0.2) is 45.3 Å². The van der Waals surface area contributed by atoms with E-state index in [1.165, 1.54) is 0 Å². The predicted octanol–water partition coefficient (Wildman–Crippen LogP) is 3.29. The first kappa shape index (κ1) is 20.9. The van der Waals surface area contributed by atoms with Gasteiger partial charge in [-0.25, -0.2) is 4.98 Å². The summed E-state index contributed by atoms with van der Waals surface area (Å²) in [6, 6.07) is 11.1. The van der Waals surface area contributed by atoms with Gasteiger partial charge in [0.15, 0.2) is 0 Å². The minimum Gasteiger partial charge on any atom is -0.489 e. The fourth-order valence-electron chi connectivity index (χ4n) is 3.73. The number of amides is 2. The van der Waals surface area contributed by atoms with Gasteiger partial charge in [0.25, 0.3) is 5.91 Å². The van der Waals surface area contributed by atoms with Gasteiger partial charge in [0, 0.05) is 49.6 Å². The third-order valence-electron chi connectivity index (χ3n) is 5.83. The van der Waals surface area contributed by atoms with Crippen molar-refractivity contribution in [3.8, 4) is 5.75 Å². The summed E-state index contributed by atoms with van der Waals surface area (Å²) in [7, 11) is 0. The van der Waals surface area contributed by atoms with Crippen LogP contribution < -0.4 is 10.1 Å². The van der Waals surface area contributed by atoms with Crippen LogP contribution in [0.5, 0.6) is 5.75 Å². The fourth-order valence-corrected chi connectivity index (χ4v) is 3.73. The number of carbonyl (C=O) groups is 2. The smallest absolute Gasteiger partial charge is 0.251 e. The largest absolute Gasteiger partial charge is 0.489 e. The summed E-state index contributed by atoms with van der Waals surface area (Å²) in [5.41, 5.74) is 2.42. The highest BCUT2D eigenvalue weighted by Crippen LogP contribution is 2.21. The van der Waals surface area contributed by atoms with Crippen LogP contribution in [0.25, 0.3) is 5.65 Å². The van der Waals surface area contributed by atoms with E-state index in [1.807, 2.05) is 59.8 Å². The van der Waals surface area contributed by atoms with Gasteiger partial charge >= 0.3 is 0 Å². The van der Waals surface area contributed by atoms with Crippen molar-refractivity contribution in [1.29, 1.82) is 0 Å². The molecule has 0 radical (unpaired) electrons. The van der Waals surface area contributed by atoms with Gasteiger partial charge in [-0.3, -0.25) is 9.59 Å². The normalized spacial score (nSPS) is 17.0. The molecule has 1 saturated heterocycles. The van der Waals surface area contributed by atoms with Gasteiger partial charge in [0.2, 0.25) is 5.91 Å². The van der Waals surface area contributed by atoms with Crippen LogP contribution in [0.2, 0.25) is 0 Å². The molecule has 2 aromatic heterocycles. The Labute approximate surface area is 182 Å². The lowest BCUT2D eigenvalue weighted by molar-refractivity contribution is -0.134. The van der Waals surface area contributed by atoms with Gasteiger partial charge in [-0.1, -0.05) is 13.8 Å². The number of pyridine rings is 1. The third-order valence-corrected chi connectivity index (χ3v) is 5.83. The Kier molecular flexibility index (Phi) is 6.21. The van der Waals surface area contributed by atoms with Crippen LogP contribution in [-0.2, 0) is 11.3 Å². The van der Waals surface area contributed by atoms with E-state index < -0.39 is 0 Å². The molecule has 1 fully saturated rings. The fraction of sp³-hybridized carbons (Fsp3) is 0.375. The average Bonchev–Trinajstić information content (AvgIpc) is 3.46. The van der Waals surface area contributed by atoms with Crippen molar-refractivity contribution >= 4 is 17.5 Å². The zero-order valence-corrected chi connectivity index (χ0v) is 18.0. The Hall–Kier alpha value is -3.35. The van der Waals surface area contributed by atoms with E-state index >= 15 is 0 Å². The highest BCUT2D eigenvalue weighted by molar-refractivity contribution is 5.94. The molecule has 4 rings (SSSR count). The Morgan fingerprint density at radius 1 is 1.23 bits per heavy atom. The molecule has 0 spiro atoms. The van der Waals surface area contributed by atoms with Gasteiger partial charge in [-0.15, -0.1) is 0 Å². The molecule has 1 aliphatic rings. The monoisotopic (exact) mass is 420 g/mol. The number of likely N-dealkylation sites (tertiary alicyclic amines) is 1. The maximum Gasteiger partial charge on any atom is 0.251 e. The lowest BCUT2D eigenvalue weighted by Crippen LogP contribution is -2.34. The summed E-state index contributed by atoms with van der Waals surface area (Å²) in [4.78, 5) is 31.0. The number of aromatic nitrogens is 2. The second kappa shape index (κ2) is 9.20. The van der Waals surface area contributed by atoms with Crippen molar-refractivity contribution < 1.29 is 14.3 Å². The van der Waals surface area contributed by atoms with E-state index in [4.69, 9.17) is 4.74 Å². The van der Waals surface area contributed by atoms with Crippen LogP contribution in [0, 0.1) is 5.92 Å². The summed E-state index contributed by atoms with van der Waals surface area (Å²) < 4.78 is 7.96. The Morgan fingerprint density at radius 3 is 2.81 bits per heavy atom. The topological polar surface area (TPSA) is 75.9 Å². The number of ether oxygens (including phenoxy) is 1. The molecule has 7 heteroatoms. The van der Waals surface area contributed by atoms with Crippen LogP contribution >= 0.6 is 0 Å². The average molecular weight is 421 g/mol. The lowest BCUT2D eigenvalue weighted by atomic mass is 10.1. The van der Waals surface area contributed by atoms with Gasteiger partial charge < -0.3 is 19.4 Å². The van der Waals surface area contributed by atoms with Crippen LogP contribution in [0.15, 0.2) is 55.0 Å². The van der Waals surface area contributed by atoms with Crippen molar-refractivity contribution in [3.63, 3.8) is 0 Å². The Balaban J connectivity index is 1.28. The van der Waals surface area contributed by atoms with Crippen molar-refractivity contribution in [2.45, 2.75) is 39.3 Å². The second-order valence-corrected chi connectivity index (χ2v) is 8.06. The second-order valence-electron chi connectivity index (χ2n) is 8.06. The number of hydrogen-bond donors (Lipinski definition) is 1. The molecule has 0 saturated carbocycles. The molecule has 2 amide bonds. The molecule has 162 valence electrons. The first-order chi connectivity index (χ1) is 15.0. The van der Waals surface area contributed by atoms with Crippen molar-refractivity contribution in [3.05, 3.63) is 66.1 Å². The van der Waals surface area contributed by atoms with Gasteiger partial charge in [0.1, 0.15) is 17.5 Å². The van der Waals surface area contributed by atoms with Crippen LogP contribution in [0.1, 0.15) is 42.6 Å². The zero-order chi connectivity index (χ0) is 21.8. The number of carbonyl (C=O) groups excluding carboxylic acids is 2. The third kappa shape index (κ3) is 4.87. The van der Waals surface area contributed by atoms with Gasteiger partial charge in [0.05, 0.1) is 6.54 Å². The number of rotatable bonds is 7. The number of fused-ring (bicyclic) bond motifs is 1. The maximum atomic E-state index is 12.5. The molecular formula is C24H28N4O3. The number of imidazole rings is 1. The minimum atomic E-state index is -0.138. The number of nitrogens with zero attached hydrogens (tertiary/aromatic N) is 3. The molecule has 1 aliphatic heterocycles. The van der Waals surface area contributed by atoms with Crippen molar-refractivity contribution in [1.82, 2.24) is 19.6 Å². The molecule has 31 heavy (non-hydrogen) atoms. The van der Waals surface area contributed by atoms with Crippen LogP contribution in [0.4, 0.5) is 0 Å². The highest BCUT2D eigenvalue weighted by Gasteiger charge is 2.29. The molecular weight excluding hydrogens is 392 g/mol. The number of nitrogens with one attached hydrogen (secondary N) is 1. The maximum absolute atomic E-state index is 12.5. The van der Waals surface area contributed by atoms with E-state index in [1.54, 1.807) is 18.3 Å². The molecule has 3 heterocycles. The zero-order valence-electron chi connectivity index (χ0n) is 18.0. The number of benzene rings is 1. The lowest BCUT2D eigenvalue weighted by Gasteiger charge is -2.20. The molecule has 0 bridgehead atoms. The van der Waals surface area contributed by atoms with E-state index in [2.05, 4.69) is 10.3 Å². The summed E-state index contributed by atoms with van der Waals surface area (Å²) >= 11 is 0. The van der Waals surface area contributed by atoms with E-state index in [0.29, 0.717) is 24.4 Å². The molecule has 0 aliphatic carbocycles. The molecule has 1 aromatic carbocycles. The molecule has 2 atom stereocenters.